The van der Waals surface area contributed by atoms with Gasteiger partial charge in [0, 0.05) is 6.61 Å². The Bertz CT molecular complexity index is 212. The molecule has 0 unspecified atom stereocenters. The van der Waals surface area contributed by atoms with E-state index in [0.717, 1.165) is 16.7 Å². The molecule has 0 amide bonds. The van der Waals surface area contributed by atoms with Crippen LogP contribution in [0.3, 0.4) is 0 Å². The van der Waals surface area contributed by atoms with Crippen LogP contribution in [0.1, 0.15) is 13.3 Å². The molecule has 0 atom stereocenters. The molecule has 0 saturated carbocycles. The highest BCUT2D eigenvalue weighted by molar-refractivity contribution is 14.1. The summed E-state index contributed by atoms with van der Waals surface area (Å²) in [6.45, 7) is 3.53. The Morgan fingerprint density at radius 2 is 2.55 bits per heavy atom. The average Bonchev–Trinajstić information content (AvgIpc) is 2.37. The maximum absolute atomic E-state index is 5.33. The lowest BCUT2D eigenvalue weighted by Gasteiger charge is -2.03. The summed E-state index contributed by atoms with van der Waals surface area (Å²) in [6.07, 6.45) is 4.65. The summed E-state index contributed by atoms with van der Waals surface area (Å²) in [4.78, 5) is 3.98. The predicted molar refractivity (Wildman–Crippen MR) is 51.2 cm³/mol. The van der Waals surface area contributed by atoms with E-state index in [1.807, 2.05) is 10.8 Å². The molecule has 0 fully saturated rings. The Balaban J connectivity index is 2.32. The maximum atomic E-state index is 5.33. The number of halogens is 1. The minimum atomic E-state index is 0.617. The molecule has 0 N–H and O–H groups in total. The topological polar surface area (TPSA) is 27.1 Å². The number of imidazole rings is 1. The van der Waals surface area contributed by atoms with Gasteiger partial charge in [0.1, 0.15) is 10.4 Å². The third-order valence-corrected chi connectivity index (χ3v) is 2.14. The molecule has 0 aliphatic carbocycles. The van der Waals surface area contributed by atoms with E-state index in [9.17, 15) is 0 Å². The van der Waals surface area contributed by atoms with Crippen LogP contribution in [-0.4, -0.2) is 16.2 Å². The molecule has 4 heteroatoms. The van der Waals surface area contributed by atoms with Crippen molar-refractivity contribution in [3.05, 3.63) is 16.2 Å². The van der Waals surface area contributed by atoms with Gasteiger partial charge in [0.25, 0.3) is 0 Å². The Kier molecular flexibility index (Phi) is 3.85. The van der Waals surface area contributed by atoms with Gasteiger partial charge in [0.2, 0.25) is 0 Å². The lowest BCUT2D eigenvalue weighted by molar-refractivity contribution is 0.0759. The smallest absolute Gasteiger partial charge is 0.124 e. The Morgan fingerprint density at radius 1 is 1.73 bits per heavy atom. The van der Waals surface area contributed by atoms with Gasteiger partial charge < -0.3 is 9.30 Å². The van der Waals surface area contributed by atoms with Gasteiger partial charge >= 0.3 is 0 Å². The summed E-state index contributed by atoms with van der Waals surface area (Å²) in [7, 11) is 0. The first-order chi connectivity index (χ1) is 5.34. The third kappa shape index (κ3) is 2.78. The van der Waals surface area contributed by atoms with Crippen LogP contribution in [0.4, 0.5) is 0 Å². The molecule has 11 heavy (non-hydrogen) atoms. The minimum absolute atomic E-state index is 0.617. The van der Waals surface area contributed by atoms with E-state index in [0.29, 0.717) is 6.73 Å². The van der Waals surface area contributed by atoms with Crippen molar-refractivity contribution in [2.75, 3.05) is 6.61 Å². The molecule has 0 aliphatic heterocycles. The summed E-state index contributed by atoms with van der Waals surface area (Å²) in [5, 5.41) is 0. The first-order valence-electron chi connectivity index (χ1n) is 3.58. The average molecular weight is 266 g/mol. The second-order valence-corrected chi connectivity index (χ2v) is 3.33. The van der Waals surface area contributed by atoms with Gasteiger partial charge in [-0.3, -0.25) is 0 Å². The zero-order valence-electron chi connectivity index (χ0n) is 6.46. The molecule has 1 aromatic rings. The lowest BCUT2D eigenvalue weighted by Crippen LogP contribution is -2.03. The van der Waals surface area contributed by atoms with Gasteiger partial charge in [0.15, 0.2) is 0 Å². The lowest BCUT2D eigenvalue weighted by atomic mass is 10.5. The highest BCUT2D eigenvalue weighted by Crippen LogP contribution is 2.02. The van der Waals surface area contributed by atoms with Crippen LogP contribution in [-0.2, 0) is 11.5 Å². The van der Waals surface area contributed by atoms with Crippen LogP contribution < -0.4 is 0 Å². The van der Waals surface area contributed by atoms with E-state index in [4.69, 9.17) is 4.74 Å². The fourth-order valence-corrected chi connectivity index (χ4v) is 1.13. The Labute approximate surface area is 79.9 Å². The molecule has 3 nitrogen and oxygen atoms in total. The number of hydrogen-bond donors (Lipinski definition) is 0. The zero-order valence-corrected chi connectivity index (χ0v) is 8.61. The normalized spacial score (nSPS) is 10.4. The quantitative estimate of drug-likeness (QED) is 0.614. The van der Waals surface area contributed by atoms with Crippen LogP contribution in [0.15, 0.2) is 12.5 Å². The molecule has 1 aromatic heterocycles. The van der Waals surface area contributed by atoms with Crippen molar-refractivity contribution in [2.45, 2.75) is 20.1 Å². The molecule has 0 bridgehead atoms. The van der Waals surface area contributed by atoms with Gasteiger partial charge in [-0.2, -0.15) is 0 Å². The largest absolute Gasteiger partial charge is 0.361 e. The zero-order chi connectivity index (χ0) is 8.10. The van der Waals surface area contributed by atoms with Crippen molar-refractivity contribution >= 4 is 22.6 Å². The van der Waals surface area contributed by atoms with E-state index in [2.05, 4.69) is 34.5 Å². The highest BCUT2D eigenvalue weighted by Gasteiger charge is 1.95. The van der Waals surface area contributed by atoms with Gasteiger partial charge in [0.05, 0.1) is 12.5 Å². The van der Waals surface area contributed by atoms with Crippen molar-refractivity contribution in [3.63, 3.8) is 0 Å². The molecule has 62 valence electrons. The summed E-state index contributed by atoms with van der Waals surface area (Å²) in [5.74, 6) is 0. The summed E-state index contributed by atoms with van der Waals surface area (Å²) < 4.78 is 8.40. The third-order valence-electron chi connectivity index (χ3n) is 1.24. The van der Waals surface area contributed by atoms with E-state index in [1.54, 1.807) is 6.33 Å². The van der Waals surface area contributed by atoms with E-state index >= 15 is 0 Å². The summed E-state index contributed by atoms with van der Waals surface area (Å²) in [5.41, 5.74) is 0. The summed E-state index contributed by atoms with van der Waals surface area (Å²) >= 11 is 2.23. The highest BCUT2D eigenvalue weighted by atomic mass is 127. The number of aromatic nitrogens is 2. The monoisotopic (exact) mass is 266 g/mol. The van der Waals surface area contributed by atoms with Crippen LogP contribution in [0.25, 0.3) is 0 Å². The van der Waals surface area contributed by atoms with Crippen molar-refractivity contribution in [3.8, 4) is 0 Å². The number of rotatable bonds is 4. The molecule has 0 radical (unpaired) electrons. The molecule has 0 saturated heterocycles. The second kappa shape index (κ2) is 4.71. The van der Waals surface area contributed by atoms with Crippen LogP contribution in [0.5, 0.6) is 0 Å². The minimum Gasteiger partial charge on any atom is -0.361 e. The molecule has 1 rings (SSSR count). The molecular weight excluding hydrogens is 255 g/mol. The van der Waals surface area contributed by atoms with Crippen molar-refractivity contribution < 1.29 is 4.74 Å². The Hall–Kier alpha value is -0.100. The second-order valence-electron chi connectivity index (χ2n) is 2.22. The predicted octanol–water partition coefficient (Wildman–Crippen LogP) is 1.87. The van der Waals surface area contributed by atoms with Crippen LogP contribution in [0, 0.1) is 3.70 Å². The molecule has 0 aromatic carbocycles. The Morgan fingerprint density at radius 3 is 3.09 bits per heavy atom. The van der Waals surface area contributed by atoms with Crippen LogP contribution >= 0.6 is 22.6 Å². The molecule has 1 heterocycles. The van der Waals surface area contributed by atoms with Gasteiger partial charge in [-0.15, -0.1) is 0 Å². The van der Waals surface area contributed by atoms with E-state index in [1.165, 1.54) is 0 Å². The maximum Gasteiger partial charge on any atom is 0.124 e. The van der Waals surface area contributed by atoms with Crippen molar-refractivity contribution in [2.24, 2.45) is 0 Å². The number of hydrogen-bond acceptors (Lipinski definition) is 2. The standard InChI is InChI=1S/C7H11IN2O/c1-2-3-11-6-10-5-9-4-7(10)8/h4-5H,2-3,6H2,1H3. The van der Waals surface area contributed by atoms with E-state index in [-0.39, 0.29) is 0 Å². The molecule has 0 aliphatic rings. The van der Waals surface area contributed by atoms with Gasteiger partial charge in [-0.25, -0.2) is 4.98 Å². The number of nitrogens with zero attached hydrogens (tertiary/aromatic N) is 2. The fraction of sp³-hybridized carbons (Fsp3) is 0.571. The van der Waals surface area contributed by atoms with Gasteiger partial charge in [-0.05, 0) is 29.0 Å². The van der Waals surface area contributed by atoms with Crippen molar-refractivity contribution in [1.29, 1.82) is 0 Å². The molecular formula is C7H11IN2O. The summed E-state index contributed by atoms with van der Waals surface area (Å²) in [6, 6.07) is 0. The first-order valence-corrected chi connectivity index (χ1v) is 4.66. The SMILES string of the molecule is CCCOCn1cncc1I. The van der Waals surface area contributed by atoms with Crippen molar-refractivity contribution in [1.82, 2.24) is 9.55 Å². The van der Waals surface area contributed by atoms with Gasteiger partial charge in [-0.1, -0.05) is 6.92 Å². The van der Waals surface area contributed by atoms with E-state index < -0.39 is 0 Å². The number of ether oxygens (including phenoxy) is 1. The van der Waals surface area contributed by atoms with Crippen LogP contribution in [0.2, 0.25) is 0 Å². The molecule has 0 spiro atoms. The first kappa shape index (κ1) is 8.99. The fourth-order valence-electron chi connectivity index (χ4n) is 0.707.